The minimum Gasteiger partial charge on any atom is -0.350 e. The molecule has 0 unspecified atom stereocenters. The van der Waals surface area contributed by atoms with Crippen molar-refractivity contribution in [2.75, 3.05) is 20.6 Å². The van der Waals surface area contributed by atoms with Crippen LogP contribution in [0.25, 0.3) is 0 Å². The van der Waals surface area contributed by atoms with Gasteiger partial charge in [0.1, 0.15) is 11.4 Å². The molecule has 0 bridgehead atoms. The Hall–Kier alpha value is -2.02. The quantitative estimate of drug-likeness (QED) is 0.665. The van der Waals surface area contributed by atoms with Crippen LogP contribution in [0.15, 0.2) is 18.2 Å². The number of benzene rings is 1. The smallest absolute Gasteiger partial charge is 0.282 e. The van der Waals surface area contributed by atoms with Crippen molar-refractivity contribution in [3.8, 4) is 0 Å². The summed E-state index contributed by atoms with van der Waals surface area (Å²) >= 11 is 0. The summed E-state index contributed by atoms with van der Waals surface area (Å²) in [6.45, 7) is 0.395. The molecule has 0 radical (unpaired) electrons. The van der Waals surface area contributed by atoms with E-state index in [9.17, 15) is 19.3 Å². The molecule has 1 aliphatic rings. The molecule has 2 rings (SSSR count). The van der Waals surface area contributed by atoms with Crippen LogP contribution in [0.1, 0.15) is 29.6 Å². The van der Waals surface area contributed by atoms with Gasteiger partial charge in [0, 0.05) is 18.2 Å². The van der Waals surface area contributed by atoms with E-state index >= 15 is 0 Å². The third-order valence-corrected chi connectivity index (χ3v) is 4.21. The van der Waals surface area contributed by atoms with Crippen LogP contribution in [0.4, 0.5) is 10.1 Å². The Morgan fingerprint density at radius 3 is 2.62 bits per heavy atom. The minimum absolute atomic E-state index is 0.0994. The fraction of sp³-hybridized carbons (Fsp3) is 0.500. The zero-order valence-corrected chi connectivity index (χ0v) is 12.1. The highest BCUT2D eigenvalue weighted by Crippen LogP contribution is 2.35. The summed E-state index contributed by atoms with van der Waals surface area (Å²) in [5, 5.41) is 13.6. The molecule has 1 aromatic carbocycles. The molecule has 114 valence electrons. The van der Waals surface area contributed by atoms with E-state index in [2.05, 4.69) is 10.2 Å². The highest BCUT2D eigenvalue weighted by molar-refractivity contribution is 5.98. The first-order valence-electron chi connectivity index (χ1n) is 6.75. The number of nitrogens with zero attached hydrogens (tertiary/aromatic N) is 2. The van der Waals surface area contributed by atoms with E-state index in [-0.39, 0.29) is 16.8 Å². The number of hydrogen-bond acceptors (Lipinski definition) is 4. The molecule has 0 heterocycles. The summed E-state index contributed by atoms with van der Waals surface area (Å²) < 4.78 is 13.2. The number of rotatable bonds is 5. The fourth-order valence-electron chi connectivity index (χ4n) is 2.56. The average molecular weight is 295 g/mol. The summed E-state index contributed by atoms with van der Waals surface area (Å²) in [4.78, 5) is 24.4. The topological polar surface area (TPSA) is 75.5 Å². The second kappa shape index (κ2) is 5.77. The number of amides is 1. The zero-order valence-electron chi connectivity index (χ0n) is 12.1. The Bertz CT molecular complexity index is 571. The molecule has 1 fully saturated rings. The van der Waals surface area contributed by atoms with Crippen molar-refractivity contribution >= 4 is 11.6 Å². The number of carbonyl (C=O) groups is 1. The van der Waals surface area contributed by atoms with Gasteiger partial charge >= 0.3 is 0 Å². The molecule has 0 aromatic heterocycles. The van der Waals surface area contributed by atoms with Gasteiger partial charge in [-0.2, -0.15) is 0 Å². The predicted octanol–water partition coefficient (Wildman–Crippen LogP) is 1.95. The molecule has 1 saturated carbocycles. The van der Waals surface area contributed by atoms with Crippen LogP contribution in [0.2, 0.25) is 0 Å². The molecule has 0 aliphatic heterocycles. The van der Waals surface area contributed by atoms with E-state index in [0.717, 1.165) is 37.5 Å². The second-order valence-electron chi connectivity index (χ2n) is 5.57. The van der Waals surface area contributed by atoms with Gasteiger partial charge < -0.3 is 10.2 Å². The van der Waals surface area contributed by atoms with Gasteiger partial charge in [0.25, 0.3) is 11.6 Å². The van der Waals surface area contributed by atoms with Crippen molar-refractivity contribution in [2.45, 2.75) is 24.8 Å². The Morgan fingerprint density at radius 1 is 1.48 bits per heavy atom. The van der Waals surface area contributed by atoms with E-state index in [1.54, 1.807) is 0 Å². The number of halogens is 1. The molecule has 1 N–H and O–H groups in total. The predicted molar refractivity (Wildman–Crippen MR) is 75.7 cm³/mol. The Balaban J connectivity index is 2.14. The molecular formula is C14H18FN3O3. The highest BCUT2D eigenvalue weighted by atomic mass is 19.1. The third-order valence-electron chi connectivity index (χ3n) is 4.21. The third kappa shape index (κ3) is 3.02. The molecule has 21 heavy (non-hydrogen) atoms. The lowest BCUT2D eigenvalue weighted by Gasteiger charge is -2.47. The number of nitrogens with one attached hydrogen (secondary N) is 1. The van der Waals surface area contributed by atoms with Crippen LogP contribution < -0.4 is 5.32 Å². The van der Waals surface area contributed by atoms with E-state index in [1.165, 1.54) is 0 Å². The van der Waals surface area contributed by atoms with Gasteiger partial charge in [0.2, 0.25) is 0 Å². The lowest BCUT2D eigenvalue weighted by atomic mass is 9.75. The summed E-state index contributed by atoms with van der Waals surface area (Å²) in [5.41, 5.74) is -0.729. The molecule has 1 aromatic rings. The maximum atomic E-state index is 13.2. The van der Waals surface area contributed by atoms with Crippen molar-refractivity contribution in [3.63, 3.8) is 0 Å². The largest absolute Gasteiger partial charge is 0.350 e. The van der Waals surface area contributed by atoms with Crippen molar-refractivity contribution < 1.29 is 14.1 Å². The molecule has 0 saturated heterocycles. The first-order valence-corrected chi connectivity index (χ1v) is 6.75. The van der Waals surface area contributed by atoms with E-state index in [0.29, 0.717) is 6.54 Å². The standard InChI is InChI=1S/C14H18FN3O3/c1-17(2)14(6-3-7-14)9-16-13(19)11-8-10(15)4-5-12(11)18(20)21/h4-5,8H,3,6-7,9H2,1-2H3,(H,16,19). The van der Waals surface area contributed by atoms with Crippen LogP contribution in [0.5, 0.6) is 0 Å². The first kappa shape index (κ1) is 15.4. The van der Waals surface area contributed by atoms with Crippen molar-refractivity contribution in [1.82, 2.24) is 10.2 Å². The number of carbonyl (C=O) groups excluding carboxylic acids is 1. The maximum absolute atomic E-state index is 13.2. The lowest BCUT2D eigenvalue weighted by Crippen LogP contribution is -2.57. The monoisotopic (exact) mass is 295 g/mol. The summed E-state index contributed by atoms with van der Waals surface area (Å²) in [5.74, 6) is -1.29. The number of likely N-dealkylation sites (N-methyl/N-ethyl adjacent to an activating group) is 1. The van der Waals surface area contributed by atoms with Crippen LogP contribution in [0, 0.1) is 15.9 Å². The summed E-state index contributed by atoms with van der Waals surface area (Å²) in [6, 6.07) is 2.88. The van der Waals surface area contributed by atoms with Crippen LogP contribution in [-0.4, -0.2) is 41.9 Å². The van der Waals surface area contributed by atoms with Gasteiger partial charge in [-0.15, -0.1) is 0 Å². The SMILES string of the molecule is CN(C)C1(CNC(=O)c2cc(F)ccc2[N+](=O)[O-])CCC1. The zero-order chi connectivity index (χ0) is 15.6. The molecule has 1 amide bonds. The normalized spacial score (nSPS) is 16.4. The van der Waals surface area contributed by atoms with Crippen LogP contribution in [0.3, 0.4) is 0 Å². The van der Waals surface area contributed by atoms with Gasteiger partial charge in [-0.1, -0.05) is 0 Å². The number of hydrogen-bond donors (Lipinski definition) is 1. The Kier molecular flexibility index (Phi) is 4.22. The van der Waals surface area contributed by atoms with Crippen LogP contribution >= 0.6 is 0 Å². The molecule has 7 heteroatoms. The number of nitro groups is 1. The Labute approximate surface area is 122 Å². The summed E-state index contributed by atoms with van der Waals surface area (Å²) in [6.07, 6.45) is 3.02. The van der Waals surface area contributed by atoms with Gasteiger partial charge in [0.15, 0.2) is 0 Å². The molecule has 6 nitrogen and oxygen atoms in total. The highest BCUT2D eigenvalue weighted by Gasteiger charge is 2.39. The van der Waals surface area contributed by atoms with Gasteiger partial charge in [-0.25, -0.2) is 4.39 Å². The summed E-state index contributed by atoms with van der Waals surface area (Å²) in [7, 11) is 3.88. The molecule has 0 spiro atoms. The van der Waals surface area contributed by atoms with Crippen LogP contribution in [-0.2, 0) is 0 Å². The minimum atomic E-state index is -0.681. The molecule has 1 aliphatic carbocycles. The van der Waals surface area contributed by atoms with Crippen molar-refractivity contribution in [1.29, 1.82) is 0 Å². The van der Waals surface area contributed by atoms with Crippen molar-refractivity contribution in [3.05, 3.63) is 39.7 Å². The molecule has 0 atom stereocenters. The van der Waals surface area contributed by atoms with Crippen molar-refractivity contribution in [2.24, 2.45) is 0 Å². The lowest BCUT2D eigenvalue weighted by molar-refractivity contribution is -0.385. The van der Waals surface area contributed by atoms with Gasteiger partial charge in [0.05, 0.1) is 4.92 Å². The molecular weight excluding hydrogens is 277 g/mol. The maximum Gasteiger partial charge on any atom is 0.282 e. The fourth-order valence-corrected chi connectivity index (χ4v) is 2.56. The number of nitro benzene ring substituents is 1. The van der Waals surface area contributed by atoms with E-state index < -0.39 is 16.6 Å². The van der Waals surface area contributed by atoms with E-state index in [4.69, 9.17) is 0 Å². The van der Waals surface area contributed by atoms with E-state index in [1.807, 2.05) is 14.1 Å². The van der Waals surface area contributed by atoms with Gasteiger partial charge in [-0.05, 0) is 45.5 Å². The first-order chi connectivity index (χ1) is 9.85. The average Bonchev–Trinajstić information content (AvgIpc) is 2.36. The Morgan fingerprint density at radius 2 is 2.14 bits per heavy atom. The second-order valence-corrected chi connectivity index (χ2v) is 5.57. The van der Waals surface area contributed by atoms with Gasteiger partial charge in [-0.3, -0.25) is 14.9 Å².